The molecule has 0 aromatic heterocycles. The van der Waals surface area contributed by atoms with Crippen molar-refractivity contribution in [3.63, 3.8) is 0 Å². The fourth-order valence-electron chi connectivity index (χ4n) is 2.81. The Morgan fingerprint density at radius 3 is 2.64 bits per heavy atom. The Bertz CT molecular complexity index is 154. The van der Waals surface area contributed by atoms with Crippen LogP contribution in [0.5, 0.6) is 0 Å². The summed E-state index contributed by atoms with van der Waals surface area (Å²) in [6.07, 6.45) is 6.07. The molecule has 0 amide bonds. The number of nitrogens with one attached hydrogen (secondary N) is 1. The van der Waals surface area contributed by atoms with E-state index in [9.17, 15) is 0 Å². The Balaban J connectivity index is 0.000000720. The van der Waals surface area contributed by atoms with Crippen LogP contribution >= 0.6 is 0 Å². The number of hydrogen-bond acceptors (Lipinski definition) is 1. The minimum Gasteiger partial charge on any atom is -0.319 e. The van der Waals surface area contributed by atoms with E-state index in [0.717, 1.165) is 17.3 Å². The highest BCUT2D eigenvalue weighted by molar-refractivity contribution is 5.01. The summed E-state index contributed by atoms with van der Waals surface area (Å²) >= 11 is 0. The minimum atomic E-state index is 0. The Labute approximate surface area is 71.0 Å². The molecule has 0 radical (unpaired) electrons. The highest BCUT2D eigenvalue weighted by Gasteiger charge is 2.50. The number of rotatable bonds is 2. The molecule has 2 atom stereocenters. The first-order valence-corrected chi connectivity index (χ1v) is 4.90. The molecule has 2 aliphatic carbocycles. The second-order valence-corrected chi connectivity index (χ2v) is 4.70. The Hall–Kier alpha value is -0.0400. The molecule has 1 nitrogen and oxygen atoms in total. The molecule has 1 heteroatoms. The van der Waals surface area contributed by atoms with Gasteiger partial charge in [0.05, 0.1) is 0 Å². The van der Waals surface area contributed by atoms with Gasteiger partial charge in [-0.3, -0.25) is 0 Å². The average Bonchev–Trinajstić information content (AvgIpc) is 2.61. The van der Waals surface area contributed by atoms with Gasteiger partial charge in [-0.05, 0) is 56.5 Å². The van der Waals surface area contributed by atoms with Crippen LogP contribution in [0.15, 0.2) is 0 Å². The third kappa shape index (κ3) is 1.31. The van der Waals surface area contributed by atoms with Gasteiger partial charge in [0, 0.05) is 1.43 Å². The summed E-state index contributed by atoms with van der Waals surface area (Å²) in [6, 6.07) is 0. The quantitative estimate of drug-likeness (QED) is 0.645. The molecule has 0 bridgehead atoms. The highest BCUT2D eigenvalue weighted by Crippen LogP contribution is 2.61. The van der Waals surface area contributed by atoms with Gasteiger partial charge in [0.2, 0.25) is 0 Å². The molecule has 2 aliphatic rings. The largest absolute Gasteiger partial charge is 0.319 e. The molecule has 2 rings (SSSR count). The van der Waals surface area contributed by atoms with Crippen LogP contribution in [0, 0.1) is 17.3 Å². The molecule has 0 heterocycles. The average molecular weight is 155 g/mol. The standard InChI is InChI=1S/C10H19N.H2/c1-8-5-10(3-4-10)6-9(8)7-11-2;/h8-9,11H,3-7H2,1-2H3;1H/t8?,9-;/m1./s1. The van der Waals surface area contributed by atoms with Crippen molar-refractivity contribution in [2.45, 2.75) is 32.6 Å². The SMILES string of the molecule is CNC[C@H]1CC2(CC2)CC1C.[HH]. The molecule has 0 aromatic carbocycles. The second kappa shape index (κ2) is 2.48. The maximum absolute atomic E-state index is 3.31. The predicted molar refractivity (Wildman–Crippen MR) is 49.6 cm³/mol. The lowest BCUT2D eigenvalue weighted by molar-refractivity contribution is 0.403. The molecule has 2 saturated carbocycles. The summed E-state index contributed by atoms with van der Waals surface area (Å²) in [5.74, 6) is 1.95. The molecule has 11 heavy (non-hydrogen) atoms. The van der Waals surface area contributed by atoms with Crippen molar-refractivity contribution in [3.05, 3.63) is 0 Å². The lowest BCUT2D eigenvalue weighted by Crippen LogP contribution is -2.20. The summed E-state index contributed by atoms with van der Waals surface area (Å²) in [6.45, 7) is 3.66. The first-order valence-electron chi connectivity index (χ1n) is 4.90. The normalized spacial score (nSPS) is 39.8. The minimum absolute atomic E-state index is 0. The van der Waals surface area contributed by atoms with Crippen molar-refractivity contribution in [1.29, 1.82) is 0 Å². The van der Waals surface area contributed by atoms with Crippen LogP contribution < -0.4 is 5.32 Å². The van der Waals surface area contributed by atoms with E-state index in [1.165, 1.54) is 32.2 Å². The van der Waals surface area contributed by atoms with Crippen LogP contribution in [0.2, 0.25) is 0 Å². The van der Waals surface area contributed by atoms with Crippen LogP contribution in [0.25, 0.3) is 0 Å². The third-order valence-corrected chi connectivity index (χ3v) is 3.68. The maximum atomic E-state index is 3.31. The number of hydrogen-bond donors (Lipinski definition) is 1. The van der Waals surface area contributed by atoms with Crippen LogP contribution in [0.3, 0.4) is 0 Å². The van der Waals surface area contributed by atoms with E-state index < -0.39 is 0 Å². The van der Waals surface area contributed by atoms with Gasteiger partial charge in [0.1, 0.15) is 0 Å². The van der Waals surface area contributed by atoms with E-state index in [1.54, 1.807) is 0 Å². The summed E-state index contributed by atoms with van der Waals surface area (Å²) in [5, 5.41) is 3.31. The molecule has 2 fully saturated rings. The van der Waals surface area contributed by atoms with Gasteiger partial charge in [-0.2, -0.15) is 0 Å². The molecule has 0 saturated heterocycles. The van der Waals surface area contributed by atoms with Gasteiger partial charge in [-0.25, -0.2) is 0 Å². The van der Waals surface area contributed by atoms with Gasteiger partial charge >= 0.3 is 0 Å². The topological polar surface area (TPSA) is 12.0 Å². The van der Waals surface area contributed by atoms with E-state index in [4.69, 9.17) is 0 Å². The van der Waals surface area contributed by atoms with Crippen molar-refractivity contribution in [3.8, 4) is 0 Å². The van der Waals surface area contributed by atoms with Crippen LogP contribution in [-0.4, -0.2) is 13.6 Å². The Kier molecular flexibility index (Phi) is 1.71. The zero-order valence-corrected chi connectivity index (χ0v) is 7.69. The summed E-state index contributed by atoms with van der Waals surface area (Å²) < 4.78 is 0. The third-order valence-electron chi connectivity index (χ3n) is 3.68. The van der Waals surface area contributed by atoms with Gasteiger partial charge in [-0.15, -0.1) is 0 Å². The van der Waals surface area contributed by atoms with Gasteiger partial charge in [0.15, 0.2) is 0 Å². The summed E-state index contributed by atoms with van der Waals surface area (Å²) in [5.41, 5.74) is 0.848. The fourth-order valence-corrected chi connectivity index (χ4v) is 2.81. The van der Waals surface area contributed by atoms with Gasteiger partial charge in [0.25, 0.3) is 0 Å². The van der Waals surface area contributed by atoms with Gasteiger partial charge in [-0.1, -0.05) is 6.92 Å². The zero-order valence-electron chi connectivity index (χ0n) is 7.69. The Morgan fingerprint density at radius 1 is 1.45 bits per heavy atom. The fraction of sp³-hybridized carbons (Fsp3) is 1.00. The highest BCUT2D eigenvalue weighted by atomic mass is 14.8. The second-order valence-electron chi connectivity index (χ2n) is 4.70. The van der Waals surface area contributed by atoms with Crippen LogP contribution in [-0.2, 0) is 0 Å². The van der Waals surface area contributed by atoms with Crippen molar-refractivity contribution >= 4 is 0 Å². The molecule has 0 aliphatic heterocycles. The van der Waals surface area contributed by atoms with Crippen LogP contribution in [0.1, 0.15) is 34.0 Å². The van der Waals surface area contributed by atoms with E-state index >= 15 is 0 Å². The molecular weight excluding hydrogens is 134 g/mol. The monoisotopic (exact) mass is 155 g/mol. The van der Waals surface area contributed by atoms with E-state index in [-0.39, 0.29) is 1.43 Å². The zero-order chi connectivity index (χ0) is 7.90. The molecular formula is C10H21N. The molecule has 1 spiro atoms. The van der Waals surface area contributed by atoms with E-state index in [1.807, 2.05) is 0 Å². The molecule has 0 aromatic rings. The first kappa shape index (κ1) is 7.60. The summed E-state index contributed by atoms with van der Waals surface area (Å²) in [7, 11) is 2.07. The van der Waals surface area contributed by atoms with Crippen LogP contribution in [0.4, 0.5) is 0 Å². The van der Waals surface area contributed by atoms with Crippen molar-refractivity contribution in [2.75, 3.05) is 13.6 Å². The van der Waals surface area contributed by atoms with Crippen molar-refractivity contribution in [2.24, 2.45) is 17.3 Å². The lowest BCUT2D eigenvalue weighted by atomic mass is 9.98. The van der Waals surface area contributed by atoms with Gasteiger partial charge < -0.3 is 5.32 Å². The first-order chi connectivity index (χ1) is 5.26. The molecule has 66 valence electrons. The smallest absolute Gasteiger partial charge is 0 e. The molecule has 1 unspecified atom stereocenters. The Morgan fingerprint density at radius 2 is 2.18 bits per heavy atom. The lowest BCUT2D eigenvalue weighted by Gasteiger charge is -2.13. The maximum Gasteiger partial charge on any atom is 0 e. The van der Waals surface area contributed by atoms with Crippen molar-refractivity contribution < 1.29 is 1.43 Å². The molecule has 1 N–H and O–H groups in total. The van der Waals surface area contributed by atoms with E-state index in [2.05, 4.69) is 19.3 Å². The van der Waals surface area contributed by atoms with E-state index in [0.29, 0.717) is 0 Å². The van der Waals surface area contributed by atoms with Crippen molar-refractivity contribution in [1.82, 2.24) is 5.32 Å². The summed E-state index contributed by atoms with van der Waals surface area (Å²) in [4.78, 5) is 0. The predicted octanol–water partition coefficient (Wildman–Crippen LogP) is 2.28.